The zero-order valence-electron chi connectivity index (χ0n) is 13.2. The van der Waals surface area contributed by atoms with Crippen molar-refractivity contribution in [3.05, 3.63) is 0 Å². The molecule has 3 nitrogen and oxygen atoms in total. The summed E-state index contributed by atoms with van der Waals surface area (Å²) in [4.78, 5) is 2.72. The van der Waals surface area contributed by atoms with Gasteiger partial charge in [-0.1, -0.05) is 33.6 Å². The molecule has 0 bridgehead atoms. The molecule has 0 aromatic rings. The van der Waals surface area contributed by atoms with Crippen LogP contribution in [0.25, 0.3) is 0 Å². The second-order valence-corrected chi connectivity index (χ2v) is 6.82. The van der Waals surface area contributed by atoms with Crippen molar-refractivity contribution < 1.29 is 4.74 Å². The van der Waals surface area contributed by atoms with Gasteiger partial charge in [-0.2, -0.15) is 0 Å². The van der Waals surface area contributed by atoms with Crippen molar-refractivity contribution in [2.45, 2.75) is 71.1 Å². The van der Waals surface area contributed by atoms with Gasteiger partial charge in [-0.3, -0.25) is 4.90 Å². The summed E-state index contributed by atoms with van der Waals surface area (Å²) in [6.07, 6.45) is 5.45. The van der Waals surface area contributed by atoms with Crippen LogP contribution in [0.5, 0.6) is 0 Å². The molecule has 1 saturated heterocycles. The number of hydrogen-bond acceptors (Lipinski definition) is 3. The highest BCUT2D eigenvalue weighted by molar-refractivity contribution is 5.03. The third kappa shape index (κ3) is 2.70. The number of rotatable bonds is 3. The van der Waals surface area contributed by atoms with Gasteiger partial charge < -0.3 is 10.5 Å². The van der Waals surface area contributed by atoms with Crippen LogP contribution in [0.4, 0.5) is 0 Å². The molecule has 0 aromatic carbocycles. The van der Waals surface area contributed by atoms with E-state index in [1.165, 1.54) is 19.3 Å². The minimum absolute atomic E-state index is 0.205. The van der Waals surface area contributed by atoms with Crippen LogP contribution in [0.2, 0.25) is 0 Å². The van der Waals surface area contributed by atoms with Gasteiger partial charge in [-0.25, -0.2) is 0 Å². The summed E-state index contributed by atoms with van der Waals surface area (Å²) in [5.74, 6) is 1.47. The lowest BCUT2D eigenvalue weighted by molar-refractivity contribution is -0.128. The Labute approximate surface area is 118 Å². The van der Waals surface area contributed by atoms with E-state index >= 15 is 0 Å². The van der Waals surface area contributed by atoms with Gasteiger partial charge in [-0.15, -0.1) is 0 Å². The molecule has 3 heteroatoms. The van der Waals surface area contributed by atoms with Crippen molar-refractivity contribution in [1.29, 1.82) is 0 Å². The topological polar surface area (TPSA) is 38.5 Å². The predicted octanol–water partition coefficient (Wildman–Crippen LogP) is 2.64. The van der Waals surface area contributed by atoms with Crippen LogP contribution < -0.4 is 5.73 Å². The Morgan fingerprint density at radius 3 is 2.68 bits per heavy atom. The molecule has 0 spiro atoms. The van der Waals surface area contributed by atoms with Crippen molar-refractivity contribution in [1.82, 2.24) is 4.90 Å². The normalized spacial score (nSPS) is 45.3. The minimum atomic E-state index is 0.205. The van der Waals surface area contributed by atoms with Crippen LogP contribution in [0.3, 0.4) is 0 Å². The number of nitrogens with two attached hydrogens (primary N) is 1. The van der Waals surface area contributed by atoms with Crippen LogP contribution in [0, 0.1) is 11.8 Å². The molecule has 5 atom stereocenters. The van der Waals surface area contributed by atoms with Gasteiger partial charge in [0.15, 0.2) is 0 Å². The molecule has 0 radical (unpaired) electrons. The van der Waals surface area contributed by atoms with Gasteiger partial charge in [0.05, 0.1) is 12.7 Å². The van der Waals surface area contributed by atoms with Gasteiger partial charge >= 0.3 is 0 Å². The van der Waals surface area contributed by atoms with Crippen molar-refractivity contribution in [3.8, 4) is 0 Å². The molecule has 0 amide bonds. The summed E-state index contributed by atoms with van der Waals surface area (Å²) in [5.41, 5.74) is 6.51. The third-order valence-corrected chi connectivity index (χ3v) is 5.83. The number of ether oxygens (including phenoxy) is 1. The van der Waals surface area contributed by atoms with Crippen LogP contribution in [-0.4, -0.2) is 42.3 Å². The molecule has 112 valence electrons. The fraction of sp³-hybridized carbons (Fsp3) is 1.00. The van der Waals surface area contributed by atoms with Crippen LogP contribution in [-0.2, 0) is 4.74 Å². The van der Waals surface area contributed by atoms with E-state index in [-0.39, 0.29) is 5.54 Å². The first-order valence-electron chi connectivity index (χ1n) is 8.13. The van der Waals surface area contributed by atoms with Gasteiger partial charge in [0, 0.05) is 24.7 Å². The van der Waals surface area contributed by atoms with Crippen LogP contribution >= 0.6 is 0 Å². The van der Waals surface area contributed by atoms with Gasteiger partial charge in [-0.05, 0) is 31.6 Å². The molecule has 1 heterocycles. The van der Waals surface area contributed by atoms with E-state index in [2.05, 4.69) is 32.6 Å². The lowest BCUT2D eigenvalue weighted by Crippen LogP contribution is -2.67. The maximum Gasteiger partial charge on any atom is 0.0675 e. The molecule has 2 N–H and O–H groups in total. The summed E-state index contributed by atoms with van der Waals surface area (Å²) in [6.45, 7) is 12.0. The quantitative estimate of drug-likeness (QED) is 0.855. The van der Waals surface area contributed by atoms with Gasteiger partial charge in [0.2, 0.25) is 0 Å². The average Bonchev–Trinajstić information content (AvgIpc) is 2.42. The monoisotopic (exact) mass is 268 g/mol. The average molecular weight is 268 g/mol. The van der Waals surface area contributed by atoms with Crippen molar-refractivity contribution in [2.75, 3.05) is 19.7 Å². The molecular weight excluding hydrogens is 236 g/mol. The number of nitrogens with zero attached hydrogens (tertiary/aromatic N) is 1. The predicted molar refractivity (Wildman–Crippen MR) is 80.2 cm³/mol. The first-order chi connectivity index (χ1) is 9.05. The van der Waals surface area contributed by atoms with Crippen molar-refractivity contribution in [3.63, 3.8) is 0 Å². The second-order valence-electron chi connectivity index (χ2n) is 6.82. The lowest BCUT2D eigenvalue weighted by Gasteiger charge is -2.57. The highest BCUT2D eigenvalue weighted by Gasteiger charge is 2.48. The Kier molecular flexibility index (Phi) is 4.91. The molecule has 19 heavy (non-hydrogen) atoms. The van der Waals surface area contributed by atoms with E-state index in [0.29, 0.717) is 18.1 Å². The molecule has 5 unspecified atom stereocenters. The maximum atomic E-state index is 6.30. The summed E-state index contributed by atoms with van der Waals surface area (Å²) < 4.78 is 5.87. The Morgan fingerprint density at radius 2 is 2.05 bits per heavy atom. The summed E-state index contributed by atoms with van der Waals surface area (Å²) in [6, 6.07) is 0.549. The fourth-order valence-electron chi connectivity index (χ4n) is 4.28. The molecule has 1 aliphatic carbocycles. The smallest absolute Gasteiger partial charge is 0.0675 e. The van der Waals surface area contributed by atoms with Gasteiger partial charge in [0.1, 0.15) is 0 Å². The molecule has 2 fully saturated rings. The van der Waals surface area contributed by atoms with E-state index in [1.807, 2.05) is 0 Å². The van der Waals surface area contributed by atoms with E-state index in [9.17, 15) is 0 Å². The molecule has 2 rings (SSSR count). The lowest BCUT2D eigenvalue weighted by atomic mass is 9.66. The third-order valence-electron chi connectivity index (χ3n) is 5.83. The van der Waals surface area contributed by atoms with Crippen molar-refractivity contribution >= 4 is 0 Å². The summed E-state index contributed by atoms with van der Waals surface area (Å²) in [5, 5.41) is 0. The molecular formula is C16H32N2O. The number of hydrogen-bond donors (Lipinski definition) is 1. The standard InChI is InChI=1S/C16H32N2O/c1-5-15-10-19-13(3)9-18(15)16(11-17)8-6-7-12(2)14(16)4/h12-15H,5-11,17H2,1-4H3. The van der Waals surface area contributed by atoms with E-state index in [4.69, 9.17) is 10.5 Å². The van der Waals surface area contributed by atoms with Crippen LogP contribution in [0.1, 0.15) is 53.4 Å². The zero-order valence-corrected chi connectivity index (χ0v) is 13.2. The highest BCUT2D eigenvalue weighted by atomic mass is 16.5. The highest BCUT2D eigenvalue weighted by Crippen LogP contribution is 2.43. The van der Waals surface area contributed by atoms with Crippen molar-refractivity contribution in [2.24, 2.45) is 17.6 Å². The Morgan fingerprint density at radius 1 is 1.32 bits per heavy atom. The second kappa shape index (κ2) is 6.11. The molecule has 1 saturated carbocycles. The molecule has 2 aliphatic rings. The fourth-order valence-corrected chi connectivity index (χ4v) is 4.28. The van der Waals surface area contributed by atoms with Crippen LogP contribution in [0.15, 0.2) is 0 Å². The zero-order chi connectivity index (χ0) is 14.0. The first-order valence-corrected chi connectivity index (χ1v) is 8.13. The Balaban J connectivity index is 2.26. The summed E-state index contributed by atoms with van der Waals surface area (Å²) >= 11 is 0. The van der Waals surface area contributed by atoms with E-state index in [0.717, 1.165) is 32.0 Å². The van der Waals surface area contributed by atoms with E-state index in [1.54, 1.807) is 0 Å². The Bertz CT molecular complexity index is 296. The number of morpholine rings is 1. The molecule has 1 aliphatic heterocycles. The SMILES string of the molecule is CCC1COC(C)CN1C1(CN)CCCC(C)C1C. The largest absolute Gasteiger partial charge is 0.376 e. The molecule has 0 aromatic heterocycles. The first kappa shape index (κ1) is 15.3. The maximum absolute atomic E-state index is 6.30. The van der Waals surface area contributed by atoms with Gasteiger partial charge in [0.25, 0.3) is 0 Å². The Hall–Kier alpha value is -0.120. The minimum Gasteiger partial charge on any atom is -0.376 e. The summed E-state index contributed by atoms with van der Waals surface area (Å²) in [7, 11) is 0. The van der Waals surface area contributed by atoms with E-state index < -0.39 is 0 Å².